The van der Waals surface area contributed by atoms with Crippen molar-refractivity contribution in [2.45, 2.75) is 18.0 Å². The molecule has 0 unspecified atom stereocenters. The Labute approximate surface area is 123 Å². The molecule has 0 saturated carbocycles. The van der Waals surface area contributed by atoms with E-state index in [4.69, 9.17) is 10.5 Å². The lowest BCUT2D eigenvalue weighted by molar-refractivity contribution is 0.397. The van der Waals surface area contributed by atoms with Crippen molar-refractivity contribution in [3.05, 3.63) is 36.3 Å². The van der Waals surface area contributed by atoms with Gasteiger partial charge in [0.15, 0.2) is 0 Å². The van der Waals surface area contributed by atoms with Crippen LogP contribution < -0.4 is 15.2 Å². The zero-order chi connectivity index (χ0) is 15.3. The third kappa shape index (κ3) is 4.00. The molecule has 0 radical (unpaired) electrons. The van der Waals surface area contributed by atoms with E-state index in [0.717, 1.165) is 5.56 Å². The maximum Gasteiger partial charge on any atom is 0.243 e. The summed E-state index contributed by atoms with van der Waals surface area (Å²) < 4.78 is 33.1. The number of nitrogens with two attached hydrogens (primary N) is 1. The molecule has 2 heterocycles. The Balaban J connectivity index is 2.02. The van der Waals surface area contributed by atoms with E-state index in [-0.39, 0.29) is 11.4 Å². The number of methoxy groups -OCH3 is 1. The highest BCUT2D eigenvalue weighted by atomic mass is 32.2. The van der Waals surface area contributed by atoms with E-state index in [1.54, 1.807) is 18.3 Å². The van der Waals surface area contributed by atoms with Gasteiger partial charge < -0.3 is 10.5 Å². The van der Waals surface area contributed by atoms with Crippen LogP contribution in [0.5, 0.6) is 5.88 Å². The van der Waals surface area contributed by atoms with Gasteiger partial charge in [0.1, 0.15) is 4.90 Å². The lowest BCUT2D eigenvalue weighted by atomic mass is 10.3. The van der Waals surface area contributed by atoms with Crippen LogP contribution in [-0.4, -0.2) is 36.8 Å². The molecule has 0 atom stereocenters. The Bertz CT molecular complexity index is 681. The van der Waals surface area contributed by atoms with Gasteiger partial charge in [0.05, 0.1) is 19.9 Å². The summed E-state index contributed by atoms with van der Waals surface area (Å²) in [5.74, 6) is 0.477. The summed E-state index contributed by atoms with van der Waals surface area (Å²) in [6.07, 6.45) is 4.30. The van der Waals surface area contributed by atoms with Crippen molar-refractivity contribution in [3.8, 4) is 5.88 Å². The summed E-state index contributed by atoms with van der Waals surface area (Å²) in [6, 6.07) is 3.41. The van der Waals surface area contributed by atoms with Crippen LogP contribution in [0.4, 0.5) is 0 Å². The number of sulfonamides is 1. The van der Waals surface area contributed by atoms with E-state index in [2.05, 4.69) is 14.8 Å². The Morgan fingerprint density at radius 2 is 2.19 bits per heavy atom. The van der Waals surface area contributed by atoms with Gasteiger partial charge in [-0.3, -0.25) is 4.68 Å². The number of pyridine rings is 1. The van der Waals surface area contributed by atoms with E-state index in [0.29, 0.717) is 19.0 Å². The molecule has 9 heteroatoms. The van der Waals surface area contributed by atoms with Gasteiger partial charge >= 0.3 is 0 Å². The van der Waals surface area contributed by atoms with Crippen LogP contribution in [0.3, 0.4) is 0 Å². The van der Waals surface area contributed by atoms with Gasteiger partial charge in [-0.2, -0.15) is 5.10 Å². The molecule has 21 heavy (non-hydrogen) atoms. The first-order valence-corrected chi connectivity index (χ1v) is 7.74. The minimum absolute atomic E-state index is 0.109. The Morgan fingerprint density at radius 1 is 1.38 bits per heavy atom. The zero-order valence-corrected chi connectivity index (χ0v) is 12.4. The molecule has 0 aliphatic carbocycles. The van der Waals surface area contributed by atoms with Gasteiger partial charge in [-0.1, -0.05) is 6.07 Å². The number of nitrogens with one attached hydrogen (secondary N) is 1. The molecule has 3 N–H and O–H groups in total. The van der Waals surface area contributed by atoms with E-state index in [9.17, 15) is 8.42 Å². The highest BCUT2D eigenvalue weighted by molar-refractivity contribution is 7.89. The lowest BCUT2D eigenvalue weighted by Gasteiger charge is -2.05. The fourth-order valence-corrected chi connectivity index (χ4v) is 2.61. The summed E-state index contributed by atoms with van der Waals surface area (Å²) in [6.45, 7) is 1.01. The SMILES string of the molecule is COc1ccc(CNS(=O)(=O)c2cnn(CCN)c2)cn1. The third-order valence-corrected chi connectivity index (χ3v) is 4.11. The largest absolute Gasteiger partial charge is 0.481 e. The van der Waals surface area contributed by atoms with Crippen molar-refractivity contribution in [1.29, 1.82) is 0 Å². The number of hydrogen-bond donors (Lipinski definition) is 2. The monoisotopic (exact) mass is 311 g/mol. The predicted octanol–water partition coefficient (Wildman–Crippen LogP) is -0.276. The quantitative estimate of drug-likeness (QED) is 0.727. The molecular weight excluding hydrogens is 294 g/mol. The molecule has 0 amide bonds. The molecule has 0 aromatic carbocycles. The Hall–Kier alpha value is -1.97. The van der Waals surface area contributed by atoms with Gasteiger partial charge in [0.25, 0.3) is 0 Å². The normalized spacial score (nSPS) is 11.5. The van der Waals surface area contributed by atoms with E-state index in [1.165, 1.54) is 24.2 Å². The summed E-state index contributed by atoms with van der Waals surface area (Å²) >= 11 is 0. The second-order valence-corrected chi connectivity index (χ2v) is 6.03. The summed E-state index contributed by atoms with van der Waals surface area (Å²) in [5.41, 5.74) is 6.12. The molecule has 2 aromatic heterocycles. The third-order valence-electron chi connectivity index (χ3n) is 2.75. The average molecular weight is 311 g/mol. The second kappa shape index (κ2) is 6.66. The Morgan fingerprint density at radius 3 is 2.81 bits per heavy atom. The molecule has 0 fully saturated rings. The van der Waals surface area contributed by atoms with Crippen molar-refractivity contribution in [1.82, 2.24) is 19.5 Å². The van der Waals surface area contributed by atoms with Crippen molar-refractivity contribution in [2.75, 3.05) is 13.7 Å². The molecule has 0 saturated heterocycles. The fourth-order valence-electron chi connectivity index (χ4n) is 1.64. The van der Waals surface area contributed by atoms with Crippen LogP contribution >= 0.6 is 0 Å². The van der Waals surface area contributed by atoms with Crippen LogP contribution in [0.1, 0.15) is 5.56 Å². The molecule has 8 nitrogen and oxygen atoms in total. The minimum atomic E-state index is -3.60. The molecule has 114 valence electrons. The maximum atomic E-state index is 12.1. The van der Waals surface area contributed by atoms with E-state index < -0.39 is 10.0 Å². The van der Waals surface area contributed by atoms with Crippen LogP contribution in [0, 0.1) is 0 Å². The van der Waals surface area contributed by atoms with Crippen LogP contribution in [-0.2, 0) is 23.1 Å². The van der Waals surface area contributed by atoms with Crippen molar-refractivity contribution >= 4 is 10.0 Å². The van der Waals surface area contributed by atoms with Crippen molar-refractivity contribution in [3.63, 3.8) is 0 Å². The van der Waals surface area contributed by atoms with Gasteiger partial charge in [0, 0.05) is 31.5 Å². The van der Waals surface area contributed by atoms with Crippen molar-refractivity contribution < 1.29 is 13.2 Å². The molecule has 2 rings (SSSR count). The minimum Gasteiger partial charge on any atom is -0.481 e. The number of rotatable bonds is 7. The first-order valence-electron chi connectivity index (χ1n) is 6.26. The summed E-state index contributed by atoms with van der Waals surface area (Å²) in [5, 5.41) is 3.94. The molecule has 2 aromatic rings. The molecular formula is C12H17N5O3S. The molecule has 0 aliphatic heterocycles. The van der Waals surface area contributed by atoms with Gasteiger partial charge in [0.2, 0.25) is 15.9 Å². The van der Waals surface area contributed by atoms with Crippen LogP contribution in [0.15, 0.2) is 35.6 Å². The second-order valence-electron chi connectivity index (χ2n) is 4.26. The number of ether oxygens (including phenoxy) is 1. The standard InChI is InChI=1S/C12H17N5O3S/c1-20-12-3-2-10(6-14-12)7-16-21(18,19)11-8-15-17(9-11)5-4-13/h2-3,6,8-9,16H,4-5,7,13H2,1H3. The highest BCUT2D eigenvalue weighted by Gasteiger charge is 2.16. The Kier molecular flexibility index (Phi) is 4.89. The maximum absolute atomic E-state index is 12.1. The van der Waals surface area contributed by atoms with Crippen molar-refractivity contribution in [2.24, 2.45) is 5.73 Å². The predicted molar refractivity (Wildman–Crippen MR) is 76.1 cm³/mol. The fraction of sp³-hybridized carbons (Fsp3) is 0.333. The van der Waals surface area contributed by atoms with Gasteiger partial charge in [-0.25, -0.2) is 18.1 Å². The average Bonchev–Trinajstić information content (AvgIpc) is 2.96. The zero-order valence-electron chi connectivity index (χ0n) is 11.6. The van der Waals surface area contributed by atoms with Crippen LogP contribution in [0.2, 0.25) is 0 Å². The summed E-state index contributed by atoms with van der Waals surface area (Å²) in [7, 11) is -2.09. The van der Waals surface area contributed by atoms with Crippen LogP contribution in [0.25, 0.3) is 0 Å². The first kappa shape index (κ1) is 15.4. The number of nitrogens with zero attached hydrogens (tertiary/aromatic N) is 3. The van der Waals surface area contributed by atoms with E-state index in [1.807, 2.05) is 0 Å². The first-order chi connectivity index (χ1) is 10.0. The number of hydrogen-bond acceptors (Lipinski definition) is 6. The van der Waals surface area contributed by atoms with Gasteiger partial charge in [-0.05, 0) is 5.56 Å². The van der Waals surface area contributed by atoms with Gasteiger partial charge in [-0.15, -0.1) is 0 Å². The topological polar surface area (TPSA) is 112 Å². The number of aromatic nitrogens is 3. The molecule has 0 aliphatic rings. The summed E-state index contributed by atoms with van der Waals surface area (Å²) in [4.78, 5) is 4.12. The van der Waals surface area contributed by atoms with E-state index >= 15 is 0 Å². The molecule has 0 spiro atoms. The lowest BCUT2D eigenvalue weighted by Crippen LogP contribution is -2.23. The highest BCUT2D eigenvalue weighted by Crippen LogP contribution is 2.10. The molecule has 0 bridgehead atoms. The smallest absolute Gasteiger partial charge is 0.243 e.